The van der Waals surface area contributed by atoms with Crippen LogP contribution in [0.1, 0.15) is 67.2 Å². The van der Waals surface area contributed by atoms with E-state index in [0.29, 0.717) is 44.6 Å². The molecule has 148 valence electrons. The number of carbonyl (C=O) groups is 2. The van der Waals surface area contributed by atoms with Crippen molar-refractivity contribution in [2.24, 2.45) is 5.92 Å². The average Bonchev–Trinajstić information content (AvgIpc) is 2.50. The molecule has 0 aromatic carbocycles. The fourth-order valence-electron chi connectivity index (χ4n) is 2.80. The summed E-state index contributed by atoms with van der Waals surface area (Å²) in [5, 5.41) is 2.78. The first-order chi connectivity index (χ1) is 11.8. The number of unbranched alkanes of at least 4 members (excludes halogenated alkanes) is 1. The molecule has 0 fully saturated rings. The molecule has 1 N–H and O–H groups in total. The van der Waals surface area contributed by atoms with Crippen molar-refractivity contribution in [3.8, 4) is 0 Å². The Kier molecular flexibility index (Phi) is 13.0. The van der Waals surface area contributed by atoms with Crippen LogP contribution in [0, 0.1) is 5.92 Å². The van der Waals surface area contributed by atoms with Crippen molar-refractivity contribution >= 4 is 20.5 Å². The zero-order valence-corrected chi connectivity index (χ0v) is 17.9. The van der Waals surface area contributed by atoms with Gasteiger partial charge in [-0.25, -0.2) is 0 Å². The Morgan fingerprint density at radius 1 is 0.960 bits per heavy atom. The zero-order chi connectivity index (χ0) is 19.3. The number of nitrogens with one attached hydrogen (secondary N) is 1. The second-order valence-corrected chi connectivity index (χ2v) is 9.27. The quantitative estimate of drug-likeness (QED) is 0.351. The van der Waals surface area contributed by atoms with E-state index in [1.54, 1.807) is 0 Å². The van der Waals surface area contributed by atoms with E-state index in [0.717, 1.165) is 12.8 Å². The van der Waals surface area contributed by atoms with E-state index in [9.17, 15) is 9.59 Å². The number of ketones is 1. The Bertz CT molecular complexity index is 373. The van der Waals surface area contributed by atoms with Gasteiger partial charge in [-0.05, 0) is 46.0 Å². The van der Waals surface area contributed by atoms with E-state index in [4.69, 9.17) is 13.3 Å². The number of amides is 1. The maximum absolute atomic E-state index is 12.4. The van der Waals surface area contributed by atoms with Gasteiger partial charge in [-0.3, -0.25) is 9.59 Å². The summed E-state index contributed by atoms with van der Waals surface area (Å²) >= 11 is 0. The minimum atomic E-state index is -2.63. The predicted molar refractivity (Wildman–Crippen MR) is 101 cm³/mol. The lowest BCUT2D eigenvalue weighted by molar-refractivity contribution is -0.127. The van der Waals surface area contributed by atoms with Crippen LogP contribution in [-0.4, -0.2) is 46.4 Å². The van der Waals surface area contributed by atoms with E-state index in [1.165, 1.54) is 6.92 Å². The van der Waals surface area contributed by atoms with Gasteiger partial charge >= 0.3 is 8.80 Å². The van der Waals surface area contributed by atoms with E-state index in [-0.39, 0.29) is 17.7 Å². The van der Waals surface area contributed by atoms with Crippen LogP contribution in [0.5, 0.6) is 0 Å². The Morgan fingerprint density at radius 3 is 1.88 bits per heavy atom. The van der Waals surface area contributed by atoms with E-state index in [2.05, 4.69) is 5.32 Å². The first-order valence-electron chi connectivity index (χ1n) is 9.51. The number of carbonyl (C=O) groups excluding carboxylic acids is 2. The Morgan fingerprint density at radius 2 is 1.48 bits per heavy atom. The van der Waals surface area contributed by atoms with Crippen LogP contribution in [-0.2, 0) is 22.9 Å². The molecular formula is C18H37NO5Si. The standard InChI is InChI=1S/C18H37NO5Si/c1-7-22-25(23-8-2,24-9-3)13-11-10-12-18(21)17(14-15(4)5)19-16(6)20/h15,17H,7-14H2,1-6H3,(H,19,20)/t17-/m0/s1. The molecule has 0 unspecified atom stereocenters. The highest BCUT2D eigenvalue weighted by molar-refractivity contribution is 6.60. The van der Waals surface area contributed by atoms with Crippen molar-refractivity contribution in [3.63, 3.8) is 0 Å². The average molecular weight is 376 g/mol. The van der Waals surface area contributed by atoms with Crippen molar-refractivity contribution in [3.05, 3.63) is 0 Å². The Labute approximate surface area is 154 Å². The highest BCUT2D eigenvalue weighted by Gasteiger charge is 2.39. The molecule has 0 spiro atoms. The summed E-state index contributed by atoms with van der Waals surface area (Å²) < 4.78 is 17.5. The molecule has 25 heavy (non-hydrogen) atoms. The monoisotopic (exact) mass is 375 g/mol. The van der Waals surface area contributed by atoms with Crippen LogP contribution in [0.15, 0.2) is 0 Å². The molecule has 0 aromatic heterocycles. The minimum absolute atomic E-state index is 0.0976. The first kappa shape index (κ1) is 24.2. The molecule has 1 atom stereocenters. The van der Waals surface area contributed by atoms with Gasteiger partial charge in [0.15, 0.2) is 5.78 Å². The first-order valence-corrected chi connectivity index (χ1v) is 11.4. The van der Waals surface area contributed by atoms with E-state index < -0.39 is 8.80 Å². The van der Waals surface area contributed by atoms with Gasteiger partial charge in [-0.2, -0.15) is 0 Å². The van der Waals surface area contributed by atoms with Crippen LogP contribution in [0.25, 0.3) is 0 Å². The van der Waals surface area contributed by atoms with Crippen LogP contribution in [0.4, 0.5) is 0 Å². The number of hydrogen-bond donors (Lipinski definition) is 1. The van der Waals surface area contributed by atoms with Gasteiger partial charge in [-0.15, -0.1) is 0 Å². The van der Waals surface area contributed by atoms with Gasteiger partial charge < -0.3 is 18.6 Å². The number of hydrogen-bond acceptors (Lipinski definition) is 5. The lowest BCUT2D eigenvalue weighted by atomic mass is 9.97. The topological polar surface area (TPSA) is 73.9 Å². The molecule has 0 aliphatic carbocycles. The maximum atomic E-state index is 12.4. The fraction of sp³-hybridized carbons (Fsp3) is 0.889. The fourth-order valence-corrected chi connectivity index (χ4v) is 5.49. The van der Waals surface area contributed by atoms with Crippen LogP contribution >= 0.6 is 0 Å². The Balaban J connectivity index is 4.52. The summed E-state index contributed by atoms with van der Waals surface area (Å²) in [5.41, 5.74) is 0. The molecule has 0 radical (unpaired) electrons. The SMILES string of the molecule is CCO[Si](CCCCC(=O)[C@H](CC(C)C)NC(C)=O)(OCC)OCC. The lowest BCUT2D eigenvalue weighted by Crippen LogP contribution is -2.46. The third-order valence-corrected chi connectivity index (χ3v) is 6.87. The summed E-state index contributed by atoms with van der Waals surface area (Å²) in [6.45, 7) is 13.0. The van der Waals surface area contributed by atoms with Crippen molar-refractivity contribution in [2.75, 3.05) is 19.8 Å². The summed E-state index contributed by atoms with van der Waals surface area (Å²) in [6, 6.07) is 0.329. The molecule has 0 bridgehead atoms. The van der Waals surface area contributed by atoms with Crippen molar-refractivity contribution in [2.45, 2.75) is 79.3 Å². The van der Waals surface area contributed by atoms with Crippen LogP contribution in [0.2, 0.25) is 6.04 Å². The molecule has 0 saturated heterocycles. The van der Waals surface area contributed by atoms with Gasteiger partial charge in [0.05, 0.1) is 6.04 Å². The third-order valence-electron chi connectivity index (χ3n) is 3.72. The molecule has 0 saturated carbocycles. The third kappa shape index (κ3) is 10.7. The molecule has 1 amide bonds. The normalized spacial score (nSPS) is 13.1. The molecular weight excluding hydrogens is 338 g/mol. The molecule has 7 heteroatoms. The van der Waals surface area contributed by atoms with E-state index in [1.807, 2.05) is 34.6 Å². The molecule has 0 rings (SSSR count). The van der Waals surface area contributed by atoms with Gasteiger partial charge in [0.2, 0.25) is 5.91 Å². The van der Waals surface area contributed by atoms with Crippen molar-refractivity contribution in [1.29, 1.82) is 0 Å². The number of Topliss-reactive ketones (excluding diaryl/α,β-unsaturated/α-hetero) is 1. The summed E-state index contributed by atoms with van der Waals surface area (Å²) in [7, 11) is -2.63. The van der Waals surface area contributed by atoms with Gasteiger partial charge in [-0.1, -0.05) is 13.8 Å². The second kappa shape index (κ2) is 13.4. The smallest absolute Gasteiger partial charge is 0.374 e. The van der Waals surface area contributed by atoms with E-state index >= 15 is 0 Å². The lowest BCUT2D eigenvalue weighted by Gasteiger charge is -2.28. The van der Waals surface area contributed by atoms with Crippen LogP contribution in [0.3, 0.4) is 0 Å². The van der Waals surface area contributed by atoms with Crippen LogP contribution < -0.4 is 5.32 Å². The molecule has 6 nitrogen and oxygen atoms in total. The van der Waals surface area contributed by atoms with Crippen molar-refractivity contribution in [1.82, 2.24) is 5.32 Å². The molecule has 0 heterocycles. The number of rotatable bonds is 15. The summed E-state index contributed by atoms with van der Waals surface area (Å²) in [6.07, 6.45) is 2.68. The van der Waals surface area contributed by atoms with Gasteiger partial charge in [0, 0.05) is 39.2 Å². The minimum Gasteiger partial charge on any atom is -0.374 e. The summed E-state index contributed by atoms with van der Waals surface area (Å²) in [5.74, 6) is 0.296. The molecule has 0 aliphatic rings. The highest BCUT2D eigenvalue weighted by Crippen LogP contribution is 2.20. The Hall–Kier alpha value is -0.763. The predicted octanol–water partition coefficient (Wildman–Crippen LogP) is 3.33. The van der Waals surface area contributed by atoms with Gasteiger partial charge in [0.25, 0.3) is 0 Å². The maximum Gasteiger partial charge on any atom is 0.500 e. The molecule has 0 aliphatic heterocycles. The molecule has 0 aromatic rings. The zero-order valence-electron chi connectivity index (χ0n) is 16.9. The summed E-state index contributed by atoms with van der Waals surface area (Å²) in [4.78, 5) is 23.7. The second-order valence-electron chi connectivity index (χ2n) is 6.54. The largest absolute Gasteiger partial charge is 0.500 e. The van der Waals surface area contributed by atoms with Crippen molar-refractivity contribution < 1.29 is 22.9 Å². The van der Waals surface area contributed by atoms with Gasteiger partial charge in [0.1, 0.15) is 0 Å². The highest BCUT2D eigenvalue weighted by atomic mass is 28.4.